The van der Waals surface area contributed by atoms with Gasteiger partial charge in [0, 0.05) is 43.7 Å². The minimum absolute atomic E-state index is 0.159. The number of thiazole rings is 1. The summed E-state index contributed by atoms with van der Waals surface area (Å²) in [5.74, 6) is 0.395. The summed E-state index contributed by atoms with van der Waals surface area (Å²) < 4.78 is 18.0. The minimum Gasteiger partial charge on any atom is -0.493 e. The Morgan fingerprint density at radius 1 is 1.30 bits per heavy atom. The molecule has 3 aliphatic heterocycles. The molecule has 43 heavy (non-hydrogen) atoms. The number of rotatable bonds is 10. The van der Waals surface area contributed by atoms with E-state index in [-0.39, 0.29) is 12.0 Å². The molecule has 3 unspecified atom stereocenters. The molecule has 230 valence electrons. The van der Waals surface area contributed by atoms with Crippen molar-refractivity contribution in [2.75, 3.05) is 50.9 Å². The molecule has 1 aliphatic carbocycles. The Hall–Kier alpha value is -2.98. The molecule has 6 rings (SSSR count). The van der Waals surface area contributed by atoms with Crippen molar-refractivity contribution in [3.63, 3.8) is 0 Å². The molecule has 8 nitrogen and oxygen atoms in total. The number of aryl methyl sites for hydroxylation is 1. The predicted molar refractivity (Wildman–Crippen MR) is 169 cm³/mol. The standard InChI is InChI=1S/C34H43N3O5S/c1-5-6-7-29(31-21-43-33(35-31)37-11-9-34(32(38)39)15-26(34)16-37)24(4)42-19-25-14-22(2)30-18-36(10-8-28(30)23(25)3)17-27-20-40-12-13-41-27/h5-7,14,21,26-27H,1,8-13,15-20H2,2-4H3,(H,38,39)/b7-6-,29-24-. The quantitative estimate of drug-likeness (QED) is 0.280. The molecular formula is C34H43N3O5S. The SMILES string of the molecule is C=C/C=C\C(=C(/C)OCc1cc(C)c2c(c1C)CCN(CC1COCCO1)C2)c1csc(N2CCC3(C(=O)O)CC3C2)n1. The van der Waals surface area contributed by atoms with Gasteiger partial charge in [-0.2, -0.15) is 0 Å². The summed E-state index contributed by atoms with van der Waals surface area (Å²) in [6.07, 6.45) is 8.33. The van der Waals surface area contributed by atoms with Crippen molar-refractivity contribution in [2.24, 2.45) is 11.3 Å². The lowest BCUT2D eigenvalue weighted by Gasteiger charge is -2.35. The van der Waals surface area contributed by atoms with Gasteiger partial charge in [0.1, 0.15) is 12.4 Å². The zero-order valence-corrected chi connectivity index (χ0v) is 26.4. The van der Waals surface area contributed by atoms with Crippen LogP contribution in [0.2, 0.25) is 0 Å². The van der Waals surface area contributed by atoms with Gasteiger partial charge in [-0.1, -0.05) is 24.8 Å². The summed E-state index contributed by atoms with van der Waals surface area (Å²) >= 11 is 1.61. The van der Waals surface area contributed by atoms with Gasteiger partial charge in [-0.3, -0.25) is 9.69 Å². The van der Waals surface area contributed by atoms with Crippen LogP contribution in [0.3, 0.4) is 0 Å². The lowest BCUT2D eigenvalue weighted by Crippen LogP contribution is -2.42. The average molecular weight is 606 g/mol. The maximum Gasteiger partial charge on any atom is 0.310 e. The summed E-state index contributed by atoms with van der Waals surface area (Å²) in [5.41, 5.74) is 8.06. The van der Waals surface area contributed by atoms with Crippen molar-refractivity contribution in [3.05, 3.63) is 75.5 Å². The molecule has 3 fully saturated rings. The number of piperidine rings is 1. The largest absolute Gasteiger partial charge is 0.493 e. The number of hydrogen-bond acceptors (Lipinski definition) is 8. The summed E-state index contributed by atoms with van der Waals surface area (Å²) in [4.78, 5) is 21.4. The molecule has 0 bridgehead atoms. The minimum atomic E-state index is -0.642. The van der Waals surface area contributed by atoms with Gasteiger partial charge >= 0.3 is 5.97 Å². The first-order chi connectivity index (χ1) is 20.8. The molecule has 2 aromatic rings. The zero-order valence-electron chi connectivity index (χ0n) is 25.6. The Balaban J connectivity index is 1.14. The van der Waals surface area contributed by atoms with E-state index in [9.17, 15) is 9.90 Å². The second-order valence-corrected chi connectivity index (χ2v) is 13.3. The molecule has 4 heterocycles. The third kappa shape index (κ3) is 6.18. The van der Waals surface area contributed by atoms with E-state index in [0.29, 0.717) is 32.8 Å². The molecule has 0 spiro atoms. The number of anilines is 1. The summed E-state index contributed by atoms with van der Waals surface area (Å²) in [6.45, 7) is 17.2. The van der Waals surface area contributed by atoms with Crippen LogP contribution in [-0.4, -0.2) is 73.1 Å². The first-order valence-corrected chi connectivity index (χ1v) is 16.3. The molecule has 1 aromatic heterocycles. The van der Waals surface area contributed by atoms with E-state index in [2.05, 4.69) is 41.7 Å². The smallest absolute Gasteiger partial charge is 0.310 e. The average Bonchev–Trinajstić information content (AvgIpc) is 3.58. The van der Waals surface area contributed by atoms with Gasteiger partial charge in [0.15, 0.2) is 5.13 Å². The molecule has 1 N–H and O–H groups in total. The Labute approximate surface area is 258 Å². The van der Waals surface area contributed by atoms with Gasteiger partial charge in [-0.25, -0.2) is 4.98 Å². The molecule has 0 amide bonds. The monoisotopic (exact) mass is 605 g/mol. The normalized spacial score (nSPS) is 26.1. The van der Waals surface area contributed by atoms with Crippen LogP contribution in [-0.2, 0) is 38.6 Å². The van der Waals surface area contributed by atoms with Crippen LogP contribution in [0.4, 0.5) is 5.13 Å². The van der Waals surface area contributed by atoms with Crippen LogP contribution < -0.4 is 4.90 Å². The Bertz CT molecular complexity index is 1440. The number of carboxylic acid groups (broad SMARTS) is 1. The maximum absolute atomic E-state index is 11.7. The number of nitrogens with zero attached hydrogens (tertiary/aromatic N) is 3. The number of benzene rings is 1. The van der Waals surface area contributed by atoms with Gasteiger partial charge in [0.2, 0.25) is 0 Å². The van der Waals surface area contributed by atoms with Crippen molar-refractivity contribution in [3.8, 4) is 0 Å². The van der Waals surface area contributed by atoms with Gasteiger partial charge < -0.3 is 24.2 Å². The van der Waals surface area contributed by atoms with E-state index in [1.54, 1.807) is 17.4 Å². The molecular weight excluding hydrogens is 562 g/mol. The highest BCUT2D eigenvalue weighted by molar-refractivity contribution is 7.13. The van der Waals surface area contributed by atoms with Gasteiger partial charge in [0.05, 0.1) is 37.0 Å². The van der Waals surface area contributed by atoms with Crippen LogP contribution >= 0.6 is 11.3 Å². The summed E-state index contributed by atoms with van der Waals surface area (Å²) in [6, 6.07) is 2.29. The molecule has 1 saturated carbocycles. The van der Waals surface area contributed by atoms with Gasteiger partial charge in [-0.05, 0) is 79.8 Å². The van der Waals surface area contributed by atoms with E-state index < -0.39 is 11.4 Å². The van der Waals surface area contributed by atoms with Crippen LogP contribution in [0.15, 0.2) is 42.0 Å². The van der Waals surface area contributed by atoms with Crippen LogP contribution in [0, 0.1) is 25.2 Å². The Morgan fingerprint density at radius 2 is 2.16 bits per heavy atom. The zero-order chi connectivity index (χ0) is 30.1. The van der Waals surface area contributed by atoms with Crippen molar-refractivity contribution >= 4 is 28.0 Å². The van der Waals surface area contributed by atoms with Crippen molar-refractivity contribution < 1.29 is 24.1 Å². The van der Waals surface area contributed by atoms with E-state index >= 15 is 0 Å². The van der Waals surface area contributed by atoms with Crippen molar-refractivity contribution in [1.29, 1.82) is 0 Å². The molecule has 2 saturated heterocycles. The first-order valence-electron chi connectivity index (χ1n) is 15.4. The predicted octanol–water partition coefficient (Wildman–Crippen LogP) is 5.52. The van der Waals surface area contributed by atoms with Crippen molar-refractivity contribution in [1.82, 2.24) is 9.88 Å². The second kappa shape index (κ2) is 12.6. The lowest BCUT2D eigenvalue weighted by molar-refractivity contribution is -0.144. The first kappa shape index (κ1) is 30.1. The van der Waals surface area contributed by atoms with Gasteiger partial charge in [0.25, 0.3) is 0 Å². The Morgan fingerprint density at radius 3 is 2.91 bits per heavy atom. The highest BCUT2D eigenvalue weighted by atomic mass is 32.1. The molecule has 4 aliphatic rings. The molecule has 1 aromatic carbocycles. The van der Waals surface area contributed by atoms with Gasteiger partial charge in [-0.15, -0.1) is 11.3 Å². The maximum atomic E-state index is 11.7. The molecule has 3 atom stereocenters. The highest BCUT2D eigenvalue weighted by Gasteiger charge is 2.62. The van der Waals surface area contributed by atoms with Crippen LogP contribution in [0.25, 0.3) is 5.57 Å². The fraction of sp³-hybridized carbons (Fsp3) is 0.529. The number of carbonyl (C=O) groups is 1. The van der Waals surface area contributed by atoms with Crippen LogP contribution in [0.5, 0.6) is 0 Å². The number of allylic oxidation sites excluding steroid dienone is 5. The summed E-state index contributed by atoms with van der Waals surface area (Å²) in [5, 5.41) is 12.6. The highest BCUT2D eigenvalue weighted by Crippen LogP contribution is 2.58. The van der Waals surface area contributed by atoms with Crippen molar-refractivity contribution in [2.45, 2.75) is 59.3 Å². The number of aliphatic carboxylic acids is 1. The summed E-state index contributed by atoms with van der Waals surface area (Å²) in [7, 11) is 0. The lowest BCUT2D eigenvalue weighted by atomic mass is 9.88. The third-order valence-electron chi connectivity index (χ3n) is 9.76. The Kier molecular flexibility index (Phi) is 8.78. The topological polar surface area (TPSA) is 84.4 Å². The van der Waals surface area contributed by atoms with E-state index in [1.165, 1.54) is 27.8 Å². The molecule has 9 heteroatoms. The number of ether oxygens (including phenoxy) is 3. The van der Waals surface area contributed by atoms with E-state index in [1.807, 2.05) is 19.1 Å². The number of fused-ring (bicyclic) bond motifs is 2. The van der Waals surface area contributed by atoms with Crippen LogP contribution in [0.1, 0.15) is 53.3 Å². The molecule has 0 radical (unpaired) electrons. The second-order valence-electron chi connectivity index (χ2n) is 12.4. The fourth-order valence-electron chi connectivity index (χ4n) is 6.99. The third-order valence-corrected chi connectivity index (χ3v) is 10.7. The van der Waals surface area contributed by atoms with E-state index in [0.717, 1.165) is 67.7 Å². The fourth-order valence-corrected chi connectivity index (χ4v) is 7.85. The number of carboxylic acids is 1. The number of aromatic nitrogens is 1. The number of hydrogen-bond donors (Lipinski definition) is 1. The van der Waals surface area contributed by atoms with E-state index in [4.69, 9.17) is 19.2 Å².